The molecule has 1 rings (SSSR count). The second-order valence-corrected chi connectivity index (χ2v) is 0.602. The minimum atomic E-state index is -0.662. The summed E-state index contributed by atoms with van der Waals surface area (Å²) in [6.45, 7) is 0. The molecule has 3 heteroatoms. The van der Waals surface area contributed by atoms with Crippen LogP contribution in [-0.2, 0) is 0 Å². The van der Waals surface area contributed by atoms with Crippen molar-refractivity contribution in [2.75, 3.05) is 0 Å². The summed E-state index contributed by atoms with van der Waals surface area (Å²) in [5.74, 6) is 0. The van der Waals surface area contributed by atoms with E-state index in [1.165, 1.54) is 0 Å². The zero-order valence-electron chi connectivity index (χ0n) is 2.27. The van der Waals surface area contributed by atoms with Gasteiger partial charge in [-0.2, -0.15) is 4.39 Å². The molecule has 1 aromatic rings. The lowest BCUT2D eigenvalue weighted by atomic mass is 11.0. The van der Waals surface area contributed by atoms with E-state index in [9.17, 15) is 4.39 Å². The van der Waals surface area contributed by atoms with E-state index in [2.05, 4.69) is 9.15 Å². The quantitative estimate of drug-likeness (QED) is 0.431. The Morgan fingerprint density at radius 1 is 1.80 bits per heavy atom. The first-order chi connectivity index (χ1) is 2.39. The first-order valence-corrected chi connectivity index (χ1v) is 1.08. The van der Waals surface area contributed by atoms with Crippen molar-refractivity contribution in [2.45, 2.75) is 0 Å². The Morgan fingerprint density at radius 2 is 2.20 bits per heavy atom. The summed E-state index contributed by atoms with van der Waals surface area (Å²) >= 11 is 0. The van der Waals surface area contributed by atoms with Crippen molar-refractivity contribution in [3.8, 4) is 0 Å². The molecular formula is C2HFO2. The highest BCUT2D eigenvalue weighted by Crippen LogP contribution is 1.94. The van der Waals surface area contributed by atoms with Crippen LogP contribution < -0.4 is 0 Å². The maximum absolute atomic E-state index is 11.0. The van der Waals surface area contributed by atoms with Gasteiger partial charge in [0.25, 0.3) is 0 Å². The van der Waals surface area contributed by atoms with E-state index in [4.69, 9.17) is 0 Å². The molecule has 1 heterocycles. The van der Waals surface area contributed by atoms with Crippen LogP contribution in [0.3, 0.4) is 0 Å². The van der Waals surface area contributed by atoms with Crippen LogP contribution >= 0.6 is 0 Å². The van der Waals surface area contributed by atoms with E-state index in [0.717, 1.165) is 6.26 Å². The maximum Gasteiger partial charge on any atom is 0.364 e. The highest BCUT2D eigenvalue weighted by atomic mass is 19.1. The summed E-state index contributed by atoms with van der Waals surface area (Å²) in [5.41, 5.74) is 0. The van der Waals surface area contributed by atoms with Gasteiger partial charge in [-0.3, -0.25) is 9.15 Å². The molecule has 0 atom stereocenters. The minimum Gasteiger partial charge on any atom is -0.289 e. The molecule has 5 heavy (non-hydrogen) atoms. The second-order valence-electron chi connectivity index (χ2n) is 0.602. The van der Waals surface area contributed by atoms with Crippen LogP contribution in [0.25, 0.3) is 0 Å². The summed E-state index contributed by atoms with van der Waals surface area (Å²) in [6, 6.07) is -0.662. The fourth-order valence-electron chi connectivity index (χ4n) is 0.0845. The predicted octanol–water partition coefficient (Wildman–Crippen LogP) is 1.01. The van der Waals surface area contributed by atoms with Gasteiger partial charge in [0, 0.05) is 0 Å². The van der Waals surface area contributed by atoms with E-state index in [0.29, 0.717) is 0 Å². The Balaban J connectivity index is 2.83. The van der Waals surface area contributed by atoms with E-state index in [1.807, 2.05) is 0 Å². The number of hydrogen-bond donors (Lipinski definition) is 0. The molecule has 0 N–H and O–H groups in total. The Morgan fingerprint density at radius 3 is 2.20 bits per heavy atom. The van der Waals surface area contributed by atoms with Crippen molar-refractivity contribution in [3.63, 3.8) is 0 Å². The third kappa shape index (κ3) is 0.190. The summed E-state index contributed by atoms with van der Waals surface area (Å²) < 4.78 is 18.5. The zero-order chi connectivity index (χ0) is 3.70. The normalized spacial score (nSPS) is 9.00. The Labute approximate surface area is 27.1 Å². The van der Waals surface area contributed by atoms with Crippen LogP contribution in [0.15, 0.2) is 15.4 Å². The fourth-order valence-corrected chi connectivity index (χ4v) is 0.0845. The van der Waals surface area contributed by atoms with Crippen LogP contribution in [0.5, 0.6) is 0 Å². The third-order valence-corrected chi connectivity index (χ3v) is 0.268. The molecule has 28 valence electrons. The standard InChI is InChI=1S/C2HFO2/c3-2-1-4-5-2/h1H. The van der Waals surface area contributed by atoms with Crippen molar-refractivity contribution in [1.29, 1.82) is 0 Å². The number of halogens is 1. The van der Waals surface area contributed by atoms with Gasteiger partial charge in [0.05, 0.1) is 0 Å². The van der Waals surface area contributed by atoms with Crippen molar-refractivity contribution >= 4 is 0 Å². The van der Waals surface area contributed by atoms with Crippen molar-refractivity contribution < 1.29 is 13.5 Å². The molecule has 0 amide bonds. The van der Waals surface area contributed by atoms with E-state index in [1.54, 1.807) is 0 Å². The highest BCUT2D eigenvalue weighted by molar-refractivity contribution is 4.53. The monoisotopic (exact) mass is 76.0 g/mol. The van der Waals surface area contributed by atoms with Gasteiger partial charge in [0.1, 0.15) is 0 Å². The summed E-state index contributed by atoms with van der Waals surface area (Å²) in [5, 5.41) is 0. The highest BCUT2D eigenvalue weighted by Gasteiger charge is 1.90. The molecule has 0 spiro atoms. The molecule has 0 bridgehead atoms. The van der Waals surface area contributed by atoms with Crippen LogP contribution in [-0.4, -0.2) is 0 Å². The first kappa shape index (κ1) is 2.50. The van der Waals surface area contributed by atoms with E-state index >= 15 is 0 Å². The Hall–Kier alpha value is -0.730. The van der Waals surface area contributed by atoms with Crippen molar-refractivity contribution in [3.05, 3.63) is 12.3 Å². The molecule has 0 aliphatic heterocycles. The largest absolute Gasteiger partial charge is 0.364 e. The average Bonchev–Trinajstić information content (AvgIpc) is 1.30. The molecule has 0 aliphatic rings. The smallest absolute Gasteiger partial charge is 0.289 e. The van der Waals surface area contributed by atoms with Gasteiger partial charge in [-0.05, 0) is 0 Å². The molecule has 0 aromatic carbocycles. The third-order valence-electron chi connectivity index (χ3n) is 0.268. The SMILES string of the molecule is Fc1coo1. The second kappa shape index (κ2) is 0.607. The van der Waals surface area contributed by atoms with Gasteiger partial charge < -0.3 is 0 Å². The lowest BCUT2D eigenvalue weighted by Crippen LogP contribution is -1.68. The molecule has 0 fully saturated rings. The molecule has 0 saturated heterocycles. The zero-order valence-corrected chi connectivity index (χ0v) is 2.27. The van der Waals surface area contributed by atoms with Crippen LogP contribution in [0, 0.1) is 6.01 Å². The van der Waals surface area contributed by atoms with Gasteiger partial charge in [-0.25, -0.2) is 0 Å². The van der Waals surface area contributed by atoms with Gasteiger partial charge in [-0.15, -0.1) is 0 Å². The molecule has 1 aromatic heterocycles. The maximum atomic E-state index is 11.0. The van der Waals surface area contributed by atoms with Crippen LogP contribution in [0.2, 0.25) is 0 Å². The molecular weight excluding hydrogens is 75.0 g/mol. The molecule has 0 radical (unpaired) electrons. The predicted molar refractivity (Wildman–Crippen MR) is 10.9 cm³/mol. The lowest BCUT2D eigenvalue weighted by molar-refractivity contribution is -0.0602. The minimum absolute atomic E-state index is 0.662. The lowest BCUT2D eigenvalue weighted by Gasteiger charge is -1.79. The Bertz CT molecular complexity index is 89.8. The van der Waals surface area contributed by atoms with Gasteiger partial charge in [0.2, 0.25) is 6.26 Å². The van der Waals surface area contributed by atoms with Crippen molar-refractivity contribution in [2.24, 2.45) is 0 Å². The molecule has 0 aliphatic carbocycles. The summed E-state index contributed by atoms with van der Waals surface area (Å²) in [7, 11) is 0. The van der Waals surface area contributed by atoms with E-state index in [-0.39, 0.29) is 0 Å². The van der Waals surface area contributed by atoms with Crippen molar-refractivity contribution in [1.82, 2.24) is 0 Å². The van der Waals surface area contributed by atoms with Crippen LogP contribution in [0.1, 0.15) is 0 Å². The summed E-state index contributed by atoms with van der Waals surface area (Å²) in [4.78, 5) is 0. The van der Waals surface area contributed by atoms with E-state index < -0.39 is 6.01 Å². The number of hydrogen-bond acceptors (Lipinski definition) is 2. The van der Waals surface area contributed by atoms with Gasteiger partial charge >= 0.3 is 6.01 Å². The summed E-state index contributed by atoms with van der Waals surface area (Å²) in [6.07, 6.45) is 0.875. The molecule has 2 nitrogen and oxygen atoms in total. The van der Waals surface area contributed by atoms with Crippen LogP contribution in [0.4, 0.5) is 4.39 Å². The fraction of sp³-hybridized carbons (Fsp3) is 0. The number of rotatable bonds is 0. The van der Waals surface area contributed by atoms with Gasteiger partial charge in [0.15, 0.2) is 0 Å². The first-order valence-electron chi connectivity index (χ1n) is 1.08. The molecule has 0 unspecified atom stereocenters. The average molecular weight is 76.0 g/mol. The Kier molecular flexibility index (Phi) is 0.304. The topological polar surface area (TPSA) is 26.3 Å². The molecule has 0 saturated carbocycles. The van der Waals surface area contributed by atoms with Gasteiger partial charge in [-0.1, -0.05) is 0 Å².